The van der Waals surface area contributed by atoms with Crippen LogP contribution in [0.5, 0.6) is 17.2 Å². The Hall–Kier alpha value is -3.02. The second-order valence-corrected chi connectivity index (χ2v) is 4.18. The topological polar surface area (TPSA) is 91.2 Å². The average Bonchev–Trinajstić information content (AvgIpc) is 2.47. The van der Waals surface area contributed by atoms with Gasteiger partial charge in [0.1, 0.15) is 17.2 Å². The van der Waals surface area contributed by atoms with Crippen LogP contribution in [0.1, 0.15) is 15.9 Å². The number of ether oxygens (including phenoxy) is 1. The number of phenolic OH excluding ortho intramolecular Hbond substituents is 2. The molecule has 3 N–H and O–H groups in total. The van der Waals surface area contributed by atoms with Crippen molar-refractivity contribution in [2.24, 2.45) is 5.10 Å². The number of benzene rings is 2. The van der Waals surface area contributed by atoms with Gasteiger partial charge in [0.25, 0.3) is 5.91 Å². The predicted octanol–water partition coefficient (Wildman–Crippen LogP) is 1.87. The molecule has 2 rings (SSSR count). The molecule has 0 aromatic heterocycles. The summed E-state index contributed by atoms with van der Waals surface area (Å²) >= 11 is 0. The quantitative estimate of drug-likeness (QED) is 0.591. The number of carbonyl (C=O) groups is 1. The standard InChI is InChI=1S/C15H14N2O4/c1-21-12-4-2-3-10(7-12)9-16-17-15(20)13-6-5-11(18)8-14(13)19/h2-9,18-19H,1H3,(H,17,20)/b16-9+. The molecule has 0 saturated carbocycles. The Morgan fingerprint density at radius 1 is 1.24 bits per heavy atom. The highest BCUT2D eigenvalue weighted by atomic mass is 16.5. The minimum Gasteiger partial charge on any atom is -0.508 e. The molecule has 108 valence electrons. The number of phenols is 2. The van der Waals surface area contributed by atoms with Crippen molar-refractivity contribution in [3.8, 4) is 17.2 Å². The summed E-state index contributed by atoms with van der Waals surface area (Å²) in [6, 6.07) is 10.9. The van der Waals surface area contributed by atoms with Crippen molar-refractivity contribution in [2.75, 3.05) is 7.11 Å². The number of hydrogen-bond donors (Lipinski definition) is 3. The van der Waals surface area contributed by atoms with E-state index in [0.717, 1.165) is 11.6 Å². The second-order valence-electron chi connectivity index (χ2n) is 4.18. The lowest BCUT2D eigenvalue weighted by molar-refractivity contribution is 0.0952. The van der Waals surface area contributed by atoms with Crippen LogP contribution < -0.4 is 10.2 Å². The highest BCUT2D eigenvalue weighted by molar-refractivity contribution is 5.97. The van der Waals surface area contributed by atoms with E-state index in [1.807, 2.05) is 0 Å². The van der Waals surface area contributed by atoms with Crippen molar-refractivity contribution in [3.05, 3.63) is 53.6 Å². The lowest BCUT2D eigenvalue weighted by Crippen LogP contribution is -2.17. The number of amides is 1. The summed E-state index contributed by atoms with van der Waals surface area (Å²) in [6.45, 7) is 0. The van der Waals surface area contributed by atoms with Crippen LogP contribution in [0.3, 0.4) is 0 Å². The smallest absolute Gasteiger partial charge is 0.275 e. The van der Waals surface area contributed by atoms with Crippen LogP contribution in [0.25, 0.3) is 0 Å². The third kappa shape index (κ3) is 3.73. The number of hydrogen-bond acceptors (Lipinski definition) is 5. The van der Waals surface area contributed by atoms with Crippen molar-refractivity contribution >= 4 is 12.1 Å². The van der Waals surface area contributed by atoms with Crippen molar-refractivity contribution in [3.63, 3.8) is 0 Å². The molecule has 0 atom stereocenters. The Balaban J connectivity index is 2.04. The first-order valence-electron chi connectivity index (χ1n) is 6.09. The minimum atomic E-state index is -0.577. The molecular formula is C15H14N2O4. The van der Waals surface area contributed by atoms with Crippen LogP contribution in [0.2, 0.25) is 0 Å². The maximum atomic E-state index is 11.8. The zero-order chi connectivity index (χ0) is 15.2. The maximum absolute atomic E-state index is 11.8. The average molecular weight is 286 g/mol. The van der Waals surface area contributed by atoms with Gasteiger partial charge in [0.15, 0.2) is 0 Å². The highest BCUT2D eigenvalue weighted by Crippen LogP contribution is 2.22. The SMILES string of the molecule is COc1cccc(/C=N/NC(=O)c2ccc(O)cc2O)c1. The van der Waals surface area contributed by atoms with E-state index < -0.39 is 5.91 Å². The summed E-state index contributed by atoms with van der Waals surface area (Å²) in [5.41, 5.74) is 3.07. The summed E-state index contributed by atoms with van der Waals surface area (Å²) < 4.78 is 5.07. The Morgan fingerprint density at radius 2 is 2.05 bits per heavy atom. The molecule has 6 heteroatoms. The van der Waals surface area contributed by atoms with Gasteiger partial charge in [-0.2, -0.15) is 5.10 Å². The fourth-order valence-electron chi connectivity index (χ4n) is 1.66. The van der Waals surface area contributed by atoms with E-state index in [9.17, 15) is 9.90 Å². The van der Waals surface area contributed by atoms with E-state index in [1.54, 1.807) is 31.4 Å². The summed E-state index contributed by atoms with van der Waals surface area (Å²) in [4.78, 5) is 11.8. The number of rotatable bonds is 4. The molecule has 0 radical (unpaired) electrons. The van der Waals surface area contributed by atoms with Gasteiger partial charge in [-0.15, -0.1) is 0 Å². The molecule has 0 aliphatic rings. The largest absolute Gasteiger partial charge is 0.508 e. The normalized spacial score (nSPS) is 10.5. The fraction of sp³-hybridized carbons (Fsp3) is 0.0667. The van der Waals surface area contributed by atoms with Crippen molar-refractivity contribution in [1.82, 2.24) is 5.43 Å². The van der Waals surface area contributed by atoms with Gasteiger partial charge in [0.2, 0.25) is 0 Å². The Kier molecular flexibility index (Phi) is 4.40. The van der Waals surface area contributed by atoms with E-state index in [1.165, 1.54) is 18.3 Å². The van der Waals surface area contributed by atoms with E-state index in [-0.39, 0.29) is 17.1 Å². The number of aromatic hydroxyl groups is 2. The van der Waals surface area contributed by atoms with Crippen molar-refractivity contribution in [1.29, 1.82) is 0 Å². The molecule has 1 amide bonds. The van der Waals surface area contributed by atoms with Crippen LogP contribution in [-0.2, 0) is 0 Å². The molecular weight excluding hydrogens is 272 g/mol. The second kappa shape index (κ2) is 6.42. The van der Waals surface area contributed by atoms with Gasteiger partial charge in [-0.3, -0.25) is 4.79 Å². The number of carbonyl (C=O) groups excluding carboxylic acids is 1. The molecule has 0 aliphatic heterocycles. The first kappa shape index (κ1) is 14.4. The molecule has 0 fully saturated rings. The van der Waals surface area contributed by atoms with E-state index in [0.29, 0.717) is 5.75 Å². The first-order chi connectivity index (χ1) is 10.1. The van der Waals surface area contributed by atoms with Gasteiger partial charge < -0.3 is 14.9 Å². The number of nitrogens with one attached hydrogen (secondary N) is 1. The molecule has 0 heterocycles. The molecule has 0 saturated heterocycles. The van der Waals surface area contributed by atoms with Gasteiger partial charge in [-0.1, -0.05) is 12.1 Å². The minimum absolute atomic E-state index is 0.0237. The zero-order valence-corrected chi connectivity index (χ0v) is 11.3. The third-order valence-electron chi connectivity index (χ3n) is 2.70. The summed E-state index contributed by atoms with van der Waals surface area (Å²) in [6.07, 6.45) is 1.46. The van der Waals surface area contributed by atoms with Crippen LogP contribution in [0.4, 0.5) is 0 Å². The van der Waals surface area contributed by atoms with Crippen LogP contribution in [-0.4, -0.2) is 29.4 Å². The molecule has 0 unspecified atom stereocenters. The van der Waals surface area contributed by atoms with Gasteiger partial charge in [-0.05, 0) is 29.8 Å². The first-order valence-corrected chi connectivity index (χ1v) is 6.09. The maximum Gasteiger partial charge on any atom is 0.275 e. The van der Waals surface area contributed by atoms with E-state index in [4.69, 9.17) is 9.84 Å². The summed E-state index contributed by atoms with van der Waals surface area (Å²) in [5.74, 6) is -0.332. The number of methoxy groups -OCH3 is 1. The van der Waals surface area contributed by atoms with E-state index >= 15 is 0 Å². The van der Waals surface area contributed by atoms with Gasteiger partial charge in [0, 0.05) is 6.07 Å². The molecule has 0 aliphatic carbocycles. The lowest BCUT2D eigenvalue weighted by atomic mass is 10.2. The zero-order valence-electron chi connectivity index (χ0n) is 11.3. The molecule has 2 aromatic rings. The monoisotopic (exact) mass is 286 g/mol. The van der Waals surface area contributed by atoms with Crippen molar-refractivity contribution < 1.29 is 19.7 Å². The number of nitrogens with zero attached hydrogens (tertiary/aromatic N) is 1. The highest BCUT2D eigenvalue weighted by Gasteiger charge is 2.10. The van der Waals surface area contributed by atoms with Crippen LogP contribution >= 0.6 is 0 Å². The molecule has 0 spiro atoms. The van der Waals surface area contributed by atoms with Gasteiger partial charge in [0.05, 0.1) is 18.9 Å². The van der Waals surface area contributed by atoms with Gasteiger partial charge >= 0.3 is 0 Å². The molecule has 2 aromatic carbocycles. The number of hydrazone groups is 1. The summed E-state index contributed by atoms with van der Waals surface area (Å²) in [5, 5.41) is 22.5. The molecule has 21 heavy (non-hydrogen) atoms. The van der Waals surface area contributed by atoms with Crippen LogP contribution in [0, 0.1) is 0 Å². The van der Waals surface area contributed by atoms with Gasteiger partial charge in [-0.25, -0.2) is 5.43 Å². The van der Waals surface area contributed by atoms with E-state index in [2.05, 4.69) is 10.5 Å². The fourth-order valence-corrected chi connectivity index (χ4v) is 1.66. The molecule has 6 nitrogen and oxygen atoms in total. The lowest BCUT2D eigenvalue weighted by Gasteiger charge is -2.03. The Bertz CT molecular complexity index is 683. The summed E-state index contributed by atoms with van der Waals surface area (Å²) in [7, 11) is 1.56. The Morgan fingerprint density at radius 3 is 2.76 bits per heavy atom. The van der Waals surface area contributed by atoms with Crippen molar-refractivity contribution in [2.45, 2.75) is 0 Å². The predicted molar refractivity (Wildman–Crippen MR) is 77.8 cm³/mol. The van der Waals surface area contributed by atoms with Crippen LogP contribution in [0.15, 0.2) is 47.6 Å². The third-order valence-corrected chi connectivity index (χ3v) is 2.70. The Labute approximate surface area is 121 Å². The molecule has 0 bridgehead atoms.